The summed E-state index contributed by atoms with van der Waals surface area (Å²) < 4.78 is 22.4. The molecule has 1 aromatic heterocycles. The van der Waals surface area contributed by atoms with Crippen LogP contribution in [0.3, 0.4) is 0 Å². The zero-order chi connectivity index (χ0) is 23.0. The second kappa shape index (κ2) is 10.8. The summed E-state index contributed by atoms with van der Waals surface area (Å²) in [5, 5.41) is 0. The maximum atomic E-state index is 12.3. The molecule has 1 aliphatic rings. The molecular weight excluding hydrogens is 420 g/mol. The lowest BCUT2D eigenvalue weighted by atomic mass is 10.1. The Morgan fingerprint density at radius 2 is 2.00 bits per heavy atom. The first-order valence-electron chi connectivity index (χ1n) is 11.0. The number of hydrogen-bond acceptors (Lipinski definition) is 7. The van der Waals surface area contributed by atoms with Crippen LogP contribution in [0.5, 0.6) is 11.5 Å². The summed E-state index contributed by atoms with van der Waals surface area (Å²) in [5.41, 5.74) is 3.28. The van der Waals surface area contributed by atoms with E-state index in [2.05, 4.69) is 9.88 Å². The summed E-state index contributed by atoms with van der Waals surface area (Å²) in [5.74, 6) is 0.969. The van der Waals surface area contributed by atoms with E-state index >= 15 is 0 Å². The number of carbonyl (C=O) groups excluding carboxylic acids is 1. The highest BCUT2D eigenvalue weighted by atomic mass is 16.6. The fourth-order valence-corrected chi connectivity index (χ4v) is 3.73. The number of esters is 1. The van der Waals surface area contributed by atoms with Gasteiger partial charge in [0, 0.05) is 42.8 Å². The predicted octanol–water partition coefficient (Wildman–Crippen LogP) is 4.77. The minimum Gasteiger partial charge on any atom is -0.493 e. The van der Waals surface area contributed by atoms with E-state index in [4.69, 9.17) is 18.9 Å². The molecule has 1 aliphatic heterocycles. The summed E-state index contributed by atoms with van der Waals surface area (Å²) in [4.78, 5) is 18.7. The molecule has 1 atom stereocenters. The number of ether oxygens (including phenoxy) is 4. The summed E-state index contributed by atoms with van der Waals surface area (Å²) in [7, 11) is 1.63. The number of carbonyl (C=O) groups is 1. The van der Waals surface area contributed by atoms with Gasteiger partial charge in [0.1, 0.15) is 6.10 Å². The third-order valence-corrected chi connectivity index (χ3v) is 5.37. The van der Waals surface area contributed by atoms with Gasteiger partial charge in [-0.25, -0.2) is 4.79 Å². The second-order valence-electron chi connectivity index (χ2n) is 7.66. The molecule has 1 fully saturated rings. The molecule has 7 heteroatoms. The molecule has 7 nitrogen and oxygen atoms in total. The van der Waals surface area contributed by atoms with Crippen LogP contribution in [-0.4, -0.2) is 44.0 Å². The van der Waals surface area contributed by atoms with E-state index in [1.807, 2.05) is 54.7 Å². The number of hydrogen-bond donors (Lipinski definition) is 0. The van der Waals surface area contributed by atoms with Gasteiger partial charge in [-0.05, 0) is 48.9 Å². The number of anilines is 2. The average molecular weight is 449 g/mol. The minimum atomic E-state index is -0.347. The molecule has 4 rings (SSSR count). The molecule has 0 amide bonds. The molecule has 1 saturated heterocycles. The average Bonchev–Trinajstić information content (AvgIpc) is 3.36. The topological polar surface area (TPSA) is 70.1 Å². The molecule has 0 N–H and O–H groups in total. The van der Waals surface area contributed by atoms with E-state index in [-0.39, 0.29) is 12.1 Å². The molecule has 0 bridgehead atoms. The second-order valence-corrected chi connectivity index (χ2v) is 7.66. The molecule has 1 unspecified atom stereocenters. The first-order valence-corrected chi connectivity index (χ1v) is 11.0. The summed E-state index contributed by atoms with van der Waals surface area (Å²) in [6, 6.07) is 17.2. The number of rotatable bonds is 9. The van der Waals surface area contributed by atoms with Crippen LogP contribution in [0.1, 0.15) is 29.3 Å². The summed E-state index contributed by atoms with van der Waals surface area (Å²) >= 11 is 0. The Balaban J connectivity index is 1.72. The molecule has 2 aromatic carbocycles. The predicted molar refractivity (Wildman–Crippen MR) is 125 cm³/mol. The highest BCUT2D eigenvalue weighted by Gasteiger charge is 2.21. The summed E-state index contributed by atoms with van der Waals surface area (Å²) in [6.07, 6.45) is 4.42. The van der Waals surface area contributed by atoms with E-state index in [1.54, 1.807) is 26.3 Å². The van der Waals surface area contributed by atoms with Gasteiger partial charge in [-0.1, -0.05) is 12.1 Å². The maximum absolute atomic E-state index is 12.3. The number of aromatic nitrogens is 1. The third-order valence-electron chi connectivity index (χ3n) is 5.37. The van der Waals surface area contributed by atoms with Crippen LogP contribution in [0, 0.1) is 0 Å². The van der Waals surface area contributed by atoms with Crippen molar-refractivity contribution in [3.63, 3.8) is 0 Å². The third kappa shape index (κ3) is 5.62. The van der Waals surface area contributed by atoms with E-state index in [0.29, 0.717) is 43.4 Å². The Labute approximate surface area is 193 Å². The van der Waals surface area contributed by atoms with Crippen LogP contribution in [0.25, 0.3) is 0 Å². The van der Waals surface area contributed by atoms with Gasteiger partial charge < -0.3 is 23.8 Å². The van der Waals surface area contributed by atoms with Crippen molar-refractivity contribution in [3.8, 4) is 11.5 Å². The van der Waals surface area contributed by atoms with Crippen LogP contribution < -0.4 is 14.4 Å². The molecule has 2 heterocycles. The molecule has 0 spiro atoms. The van der Waals surface area contributed by atoms with Crippen molar-refractivity contribution in [2.24, 2.45) is 0 Å². The Hall–Kier alpha value is -3.58. The highest BCUT2D eigenvalue weighted by Crippen LogP contribution is 2.37. The van der Waals surface area contributed by atoms with E-state index in [9.17, 15) is 4.79 Å². The molecule has 0 radical (unpaired) electrons. The molecule has 0 aliphatic carbocycles. The molecule has 0 saturated carbocycles. The highest BCUT2D eigenvalue weighted by molar-refractivity contribution is 5.91. The smallest absolute Gasteiger partial charge is 0.338 e. The number of methoxy groups -OCH3 is 1. The fraction of sp³-hybridized carbons (Fsp3) is 0.308. The Morgan fingerprint density at radius 3 is 2.73 bits per heavy atom. The van der Waals surface area contributed by atoms with Crippen molar-refractivity contribution in [3.05, 3.63) is 78.1 Å². The lowest BCUT2D eigenvalue weighted by molar-refractivity contribution is 0.0526. The first kappa shape index (κ1) is 22.6. The van der Waals surface area contributed by atoms with Crippen molar-refractivity contribution in [1.82, 2.24) is 4.98 Å². The van der Waals surface area contributed by atoms with E-state index < -0.39 is 0 Å². The van der Waals surface area contributed by atoms with E-state index in [0.717, 1.165) is 23.4 Å². The SMILES string of the molecule is CCOC(=O)c1cccc(N(Cc2cccnc2)c2ccc(OC)c(OC3CCOC3)c2)c1. The van der Waals surface area contributed by atoms with Crippen molar-refractivity contribution < 1.29 is 23.7 Å². The lowest BCUT2D eigenvalue weighted by Gasteiger charge is -2.27. The van der Waals surface area contributed by atoms with Crippen molar-refractivity contribution in [2.45, 2.75) is 26.0 Å². The maximum Gasteiger partial charge on any atom is 0.338 e. The molecular formula is C26H28N2O5. The largest absolute Gasteiger partial charge is 0.493 e. The Kier molecular flexibility index (Phi) is 7.42. The standard InChI is InChI=1S/C26H28N2O5/c1-3-32-26(29)20-7-4-8-21(14-20)28(17-19-6-5-12-27-16-19)22-9-10-24(30-2)25(15-22)33-23-11-13-31-18-23/h4-10,12,14-16,23H,3,11,13,17-18H2,1-2H3. The Bertz CT molecular complexity index is 1070. The van der Waals surface area contributed by atoms with Gasteiger partial charge in [0.25, 0.3) is 0 Å². The fourth-order valence-electron chi connectivity index (χ4n) is 3.73. The van der Waals surface area contributed by atoms with Gasteiger partial charge in [0.15, 0.2) is 11.5 Å². The van der Waals surface area contributed by atoms with Gasteiger partial charge in [-0.15, -0.1) is 0 Å². The first-order chi connectivity index (χ1) is 16.2. The van der Waals surface area contributed by atoms with Crippen LogP contribution in [0.4, 0.5) is 11.4 Å². The zero-order valence-corrected chi connectivity index (χ0v) is 18.9. The monoisotopic (exact) mass is 448 g/mol. The van der Waals surface area contributed by atoms with Crippen LogP contribution in [-0.2, 0) is 16.0 Å². The molecule has 3 aromatic rings. The van der Waals surface area contributed by atoms with E-state index in [1.165, 1.54) is 0 Å². The summed E-state index contributed by atoms with van der Waals surface area (Å²) in [6.45, 7) is 3.94. The quantitative estimate of drug-likeness (QED) is 0.437. The van der Waals surface area contributed by atoms with Gasteiger partial charge in [-0.2, -0.15) is 0 Å². The van der Waals surface area contributed by atoms with Crippen molar-refractivity contribution >= 4 is 17.3 Å². The molecule has 172 valence electrons. The number of nitrogens with zero attached hydrogens (tertiary/aromatic N) is 2. The van der Waals surface area contributed by atoms with Gasteiger partial charge in [0.2, 0.25) is 0 Å². The van der Waals surface area contributed by atoms with Crippen LogP contribution >= 0.6 is 0 Å². The van der Waals surface area contributed by atoms with Crippen molar-refractivity contribution in [2.75, 3.05) is 31.8 Å². The lowest BCUT2D eigenvalue weighted by Crippen LogP contribution is -2.19. The molecule has 33 heavy (non-hydrogen) atoms. The minimum absolute atomic E-state index is 0.00642. The zero-order valence-electron chi connectivity index (χ0n) is 18.9. The van der Waals surface area contributed by atoms with Gasteiger partial charge >= 0.3 is 5.97 Å². The van der Waals surface area contributed by atoms with Crippen LogP contribution in [0.2, 0.25) is 0 Å². The number of benzene rings is 2. The number of pyridine rings is 1. The Morgan fingerprint density at radius 1 is 1.12 bits per heavy atom. The van der Waals surface area contributed by atoms with Crippen LogP contribution in [0.15, 0.2) is 67.0 Å². The van der Waals surface area contributed by atoms with Gasteiger partial charge in [-0.3, -0.25) is 4.98 Å². The van der Waals surface area contributed by atoms with Crippen molar-refractivity contribution in [1.29, 1.82) is 0 Å². The normalized spacial score (nSPS) is 15.2. The van der Waals surface area contributed by atoms with Gasteiger partial charge in [0.05, 0.1) is 32.5 Å².